The van der Waals surface area contributed by atoms with Gasteiger partial charge in [0.15, 0.2) is 0 Å². The second-order valence-electron chi connectivity index (χ2n) is 10.7. The Kier molecular flexibility index (Phi) is 6.55. The van der Waals surface area contributed by atoms with Gasteiger partial charge in [-0.05, 0) is 62.8 Å². The van der Waals surface area contributed by atoms with Gasteiger partial charge in [0.05, 0.1) is 17.3 Å². The summed E-state index contributed by atoms with van der Waals surface area (Å²) in [4.78, 5) is 30.4. The zero-order chi connectivity index (χ0) is 27.3. The van der Waals surface area contributed by atoms with Gasteiger partial charge in [-0.2, -0.15) is 9.40 Å². The van der Waals surface area contributed by atoms with Gasteiger partial charge in [-0.15, -0.1) is 0 Å². The molecule has 10 heteroatoms. The number of carbonyl (C=O) groups is 2. The van der Waals surface area contributed by atoms with E-state index in [0.717, 1.165) is 35.3 Å². The molecule has 0 saturated carbocycles. The lowest BCUT2D eigenvalue weighted by Crippen LogP contribution is -2.46. The normalized spacial score (nSPS) is 19.3. The Labute approximate surface area is 229 Å². The van der Waals surface area contributed by atoms with Crippen molar-refractivity contribution >= 4 is 33.2 Å². The predicted octanol–water partition coefficient (Wildman–Crippen LogP) is 3.08. The number of hydrogen-bond donors (Lipinski definition) is 0. The maximum absolute atomic E-state index is 13.9. The summed E-state index contributed by atoms with van der Waals surface area (Å²) in [5, 5.41) is 4.47. The van der Waals surface area contributed by atoms with Crippen molar-refractivity contribution in [3.63, 3.8) is 0 Å². The molecule has 0 unspecified atom stereocenters. The first kappa shape index (κ1) is 25.8. The van der Waals surface area contributed by atoms with Gasteiger partial charge in [0.25, 0.3) is 0 Å². The van der Waals surface area contributed by atoms with Crippen molar-refractivity contribution in [3.8, 4) is 0 Å². The van der Waals surface area contributed by atoms with Crippen molar-refractivity contribution in [2.45, 2.75) is 51.0 Å². The molecule has 1 fully saturated rings. The van der Waals surface area contributed by atoms with E-state index in [1.165, 1.54) is 8.99 Å². The van der Waals surface area contributed by atoms with Crippen LogP contribution in [-0.2, 0) is 39.0 Å². The Balaban J connectivity index is 1.20. The monoisotopic (exact) mass is 547 g/mol. The van der Waals surface area contributed by atoms with Gasteiger partial charge in [0.2, 0.25) is 21.8 Å². The van der Waals surface area contributed by atoms with Crippen LogP contribution in [0.5, 0.6) is 0 Å². The Morgan fingerprint density at radius 1 is 0.897 bits per heavy atom. The molecule has 6 rings (SSSR count). The largest absolute Gasteiger partial charge is 0.312 e. The molecule has 0 N–H and O–H groups in total. The Hall–Kier alpha value is -3.50. The predicted molar refractivity (Wildman–Crippen MR) is 148 cm³/mol. The average Bonchev–Trinajstić information content (AvgIpc) is 3.64. The van der Waals surface area contributed by atoms with Gasteiger partial charge in [-0.25, -0.2) is 8.42 Å². The Morgan fingerprint density at radius 2 is 1.51 bits per heavy atom. The van der Waals surface area contributed by atoms with E-state index in [9.17, 15) is 18.0 Å². The van der Waals surface area contributed by atoms with Crippen molar-refractivity contribution in [1.82, 2.24) is 14.1 Å². The van der Waals surface area contributed by atoms with E-state index in [4.69, 9.17) is 0 Å². The number of carbonyl (C=O) groups excluding carboxylic acids is 2. The van der Waals surface area contributed by atoms with E-state index in [1.807, 2.05) is 53.4 Å². The van der Waals surface area contributed by atoms with E-state index in [0.29, 0.717) is 43.9 Å². The first-order chi connectivity index (χ1) is 18.8. The average molecular weight is 548 g/mol. The molecule has 3 aromatic rings. The van der Waals surface area contributed by atoms with Crippen LogP contribution in [0.3, 0.4) is 0 Å². The number of fused-ring (bicyclic) bond motifs is 2. The van der Waals surface area contributed by atoms with Crippen LogP contribution in [0.4, 0.5) is 11.4 Å². The highest BCUT2D eigenvalue weighted by Crippen LogP contribution is 2.33. The lowest BCUT2D eigenvalue weighted by atomic mass is 9.98. The molecule has 39 heavy (non-hydrogen) atoms. The van der Waals surface area contributed by atoms with Gasteiger partial charge in [-0.3, -0.25) is 14.3 Å². The number of hydrogen-bond acceptors (Lipinski definition) is 5. The quantitative estimate of drug-likeness (QED) is 0.489. The molecule has 0 radical (unpaired) electrons. The highest BCUT2D eigenvalue weighted by molar-refractivity contribution is 7.89. The van der Waals surface area contributed by atoms with Gasteiger partial charge in [-0.1, -0.05) is 36.4 Å². The number of rotatable bonds is 5. The number of anilines is 2. The van der Waals surface area contributed by atoms with Gasteiger partial charge in [0.1, 0.15) is 11.4 Å². The number of piperidine rings is 1. The summed E-state index contributed by atoms with van der Waals surface area (Å²) in [6, 6.07) is 15.7. The number of nitrogens with zero attached hydrogens (tertiary/aromatic N) is 5. The standard InChI is InChI=1S/C29H33N5O4S/c1-20-28(21(2)34(30-20)19-27(35)32-16-13-22-8-3-5-11-25(22)32)39(37,38)31-15-7-10-24(18-31)29(36)33-17-14-23-9-4-6-12-26(23)33/h3-6,8-9,11-12,24H,7,10,13-19H2,1-2H3/t24-/m0/s1. The van der Waals surface area contributed by atoms with E-state index in [2.05, 4.69) is 5.10 Å². The number of amides is 2. The van der Waals surface area contributed by atoms with Crippen LogP contribution in [0.25, 0.3) is 0 Å². The van der Waals surface area contributed by atoms with Crippen molar-refractivity contribution in [1.29, 1.82) is 0 Å². The van der Waals surface area contributed by atoms with E-state index in [1.54, 1.807) is 18.7 Å². The first-order valence-corrected chi connectivity index (χ1v) is 15.0. The molecular weight excluding hydrogens is 514 g/mol. The fourth-order valence-electron chi connectivity index (χ4n) is 6.30. The van der Waals surface area contributed by atoms with Crippen LogP contribution in [-0.4, -0.2) is 60.5 Å². The third-order valence-corrected chi connectivity index (χ3v) is 10.4. The minimum atomic E-state index is -3.90. The molecule has 0 spiro atoms. The number of aryl methyl sites for hydroxylation is 1. The van der Waals surface area contributed by atoms with Crippen molar-refractivity contribution < 1.29 is 18.0 Å². The van der Waals surface area contributed by atoms with Crippen molar-refractivity contribution in [2.24, 2.45) is 5.92 Å². The molecule has 1 atom stereocenters. The van der Waals surface area contributed by atoms with Gasteiger partial charge in [0, 0.05) is 37.6 Å². The third kappa shape index (κ3) is 4.45. The zero-order valence-electron chi connectivity index (χ0n) is 22.3. The number of para-hydroxylation sites is 2. The van der Waals surface area contributed by atoms with Gasteiger partial charge >= 0.3 is 0 Å². The maximum Gasteiger partial charge on any atom is 0.248 e. The van der Waals surface area contributed by atoms with Crippen LogP contribution >= 0.6 is 0 Å². The minimum Gasteiger partial charge on any atom is -0.312 e. The van der Waals surface area contributed by atoms with Crippen molar-refractivity contribution in [2.75, 3.05) is 36.0 Å². The molecule has 0 aliphatic carbocycles. The molecule has 2 aromatic carbocycles. The molecule has 3 aliphatic heterocycles. The highest BCUT2D eigenvalue weighted by Gasteiger charge is 2.39. The molecule has 1 saturated heterocycles. The second-order valence-corrected chi connectivity index (χ2v) is 12.5. The van der Waals surface area contributed by atoms with Gasteiger partial charge < -0.3 is 9.80 Å². The molecule has 1 aromatic heterocycles. The van der Waals surface area contributed by atoms with Crippen LogP contribution in [0.2, 0.25) is 0 Å². The number of aromatic nitrogens is 2. The number of benzene rings is 2. The Morgan fingerprint density at radius 3 is 2.21 bits per heavy atom. The molecule has 2 amide bonds. The molecule has 9 nitrogen and oxygen atoms in total. The van der Waals surface area contributed by atoms with Crippen LogP contribution in [0, 0.1) is 19.8 Å². The minimum absolute atomic E-state index is 0.0134. The summed E-state index contributed by atoms with van der Waals surface area (Å²) in [7, 11) is -3.90. The third-order valence-electron chi connectivity index (χ3n) is 8.27. The van der Waals surface area contributed by atoms with E-state index in [-0.39, 0.29) is 29.8 Å². The molecular formula is C29H33N5O4S. The number of sulfonamides is 1. The SMILES string of the molecule is Cc1nn(CC(=O)N2CCc3ccccc32)c(C)c1S(=O)(=O)N1CCC[C@H](C(=O)N2CCc3ccccc32)C1. The summed E-state index contributed by atoms with van der Waals surface area (Å²) in [5.74, 6) is -0.531. The fraction of sp³-hybridized carbons (Fsp3) is 0.414. The lowest BCUT2D eigenvalue weighted by Gasteiger charge is -2.33. The molecule has 204 valence electrons. The smallest absolute Gasteiger partial charge is 0.248 e. The topological polar surface area (TPSA) is 95.8 Å². The molecule has 0 bridgehead atoms. The summed E-state index contributed by atoms with van der Waals surface area (Å²) in [6.45, 7) is 5.07. The summed E-state index contributed by atoms with van der Waals surface area (Å²) >= 11 is 0. The van der Waals surface area contributed by atoms with Crippen molar-refractivity contribution in [3.05, 3.63) is 71.0 Å². The van der Waals surface area contributed by atoms with Crippen LogP contribution in [0.15, 0.2) is 53.4 Å². The van der Waals surface area contributed by atoms with Crippen LogP contribution < -0.4 is 9.80 Å². The van der Waals surface area contributed by atoms with E-state index >= 15 is 0 Å². The second kappa shape index (κ2) is 9.91. The molecule has 3 aliphatic rings. The molecule has 4 heterocycles. The fourth-order valence-corrected chi connectivity index (χ4v) is 8.19. The summed E-state index contributed by atoms with van der Waals surface area (Å²) < 4.78 is 30.7. The lowest BCUT2D eigenvalue weighted by molar-refractivity contribution is -0.123. The summed E-state index contributed by atoms with van der Waals surface area (Å²) in [6.07, 6.45) is 2.89. The first-order valence-electron chi connectivity index (χ1n) is 13.6. The highest BCUT2D eigenvalue weighted by atomic mass is 32.2. The van der Waals surface area contributed by atoms with Crippen LogP contribution in [0.1, 0.15) is 35.4 Å². The Bertz CT molecular complexity index is 1560. The van der Waals surface area contributed by atoms with E-state index < -0.39 is 15.9 Å². The maximum atomic E-state index is 13.9. The summed E-state index contributed by atoms with van der Waals surface area (Å²) in [5.41, 5.74) is 4.92. The zero-order valence-corrected chi connectivity index (χ0v) is 23.2.